The van der Waals surface area contributed by atoms with Crippen LogP contribution in [0.2, 0.25) is 0 Å². The van der Waals surface area contributed by atoms with E-state index in [-0.39, 0.29) is 19.6 Å². The molecule has 11 heteroatoms. The predicted octanol–water partition coefficient (Wildman–Crippen LogP) is 2.29. The molecule has 2 aromatic heterocycles. The number of aromatic amines is 1. The highest BCUT2D eigenvalue weighted by Crippen LogP contribution is 2.32. The van der Waals surface area contributed by atoms with Gasteiger partial charge in [-0.15, -0.1) is 0 Å². The van der Waals surface area contributed by atoms with Crippen molar-refractivity contribution in [2.45, 2.75) is 32.9 Å². The second-order valence-corrected chi connectivity index (χ2v) is 8.97. The van der Waals surface area contributed by atoms with Crippen molar-refractivity contribution in [3.63, 3.8) is 0 Å². The Labute approximate surface area is 199 Å². The van der Waals surface area contributed by atoms with E-state index in [0.717, 1.165) is 0 Å². The molecule has 0 radical (unpaired) electrons. The van der Waals surface area contributed by atoms with Crippen molar-refractivity contribution in [1.29, 1.82) is 0 Å². The lowest BCUT2D eigenvalue weighted by molar-refractivity contribution is -0.154. The number of hydrogen-bond donors (Lipinski definition) is 3. The van der Waals surface area contributed by atoms with Crippen LogP contribution < -0.4 is 10.6 Å². The van der Waals surface area contributed by atoms with Crippen molar-refractivity contribution < 1.29 is 23.5 Å². The van der Waals surface area contributed by atoms with Crippen LogP contribution in [0.15, 0.2) is 42.7 Å². The number of carbonyl (C=O) groups excluding carboxylic acids is 3. The molecule has 0 aliphatic carbocycles. The van der Waals surface area contributed by atoms with Crippen molar-refractivity contribution in [3.05, 3.63) is 48.5 Å². The second-order valence-electron chi connectivity index (χ2n) is 8.97. The number of rotatable bonds is 7. The summed E-state index contributed by atoms with van der Waals surface area (Å²) < 4.78 is 21.4. The zero-order valence-corrected chi connectivity index (χ0v) is 19.5. The van der Waals surface area contributed by atoms with Crippen LogP contribution in [0.4, 0.5) is 4.39 Å². The number of benzene rings is 2. The number of nitrogens with zero attached hydrogens (tertiary/aromatic N) is 3. The largest absolute Gasteiger partial charge is 0.459 e. The Morgan fingerprint density at radius 2 is 1.83 bits per heavy atom. The van der Waals surface area contributed by atoms with Gasteiger partial charge in [-0.1, -0.05) is 12.1 Å². The molecule has 0 spiro atoms. The van der Waals surface area contributed by atoms with Crippen LogP contribution in [0.1, 0.15) is 20.8 Å². The van der Waals surface area contributed by atoms with Crippen LogP contribution in [0, 0.1) is 5.82 Å². The van der Waals surface area contributed by atoms with E-state index in [4.69, 9.17) is 4.74 Å². The molecule has 2 heterocycles. The molecule has 0 aliphatic rings. The lowest BCUT2D eigenvalue weighted by atomic mass is 10.0. The van der Waals surface area contributed by atoms with Crippen LogP contribution in [0.5, 0.6) is 0 Å². The first kappa shape index (κ1) is 23.9. The van der Waals surface area contributed by atoms with E-state index >= 15 is 0 Å². The van der Waals surface area contributed by atoms with Gasteiger partial charge < -0.3 is 15.4 Å². The summed E-state index contributed by atoms with van der Waals surface area (Å²) in [7, 11) is 0. The molecule has 0 saturated heterocycles. The number of ether oxygens (including phenoxy) is 1. The molecule has 4 aromatic rings. The topological polar surface area (TPSA) is 131 Å². The summed E-state index contributed by atoms with van der Waals surface area (Å²) in [4.78, 5) is 36.0. The monoisotopic (exact) mass is 480 g/mol. The van der Waals surface area contributed by atoms with Gasteiger partial charge in [-0.25, -0.2) is 4.39 Å². The number of fused-ring (bicyclic) bond motifs is 2. The zero-order chi connectivity index (χ0) is 25.2. The van der Waals surface area contributed by atoms with Gasteiger partial charge in [-0.2, -0.15) is 10.2 Å². The van der Waals surface area contributed by atoms with Gasteiger partial charge in [0.05, 0.1) is 30.0 Å². The van der Waals surface area contributed by atoms with Crippen LogP contribution >= 0.6 is 0 Å². The molecule has 35 heavy (non-hydrogen) atoms. The first-order chi connectivity index (χ1) is 16.6. The number of esters is 1. The highest BCUT2D eigenvalue weighted by molar-refractivity contribution is 5.97. The summed E-state index contributed by atoms with van der Waals surface area (Å²) in [6.45, 7) is 4.44. The molecule has 3 N–H and O–H groups in total. The average molecular weight is 481 g/mol. The van der Waals surface area contributed by atoms with Crippen molar-refractivity contribution in [2.24, 2.45) is 0 Å². The quantitative estimate of drug-likeness (QED) is 0.348. The molecule has 0 unspecified atom stereocenters. The Hall–Kier alpha value is -4.28. The SMILES string of the molecule is CC(C)(C)OC(=O)CNC(=O)CNC(=O)Cn1ncc2c(-c3cc4[nH]ncc4cc3F)cccc21. The van der Waals surface area contributed by atoms with Gasteiger partial charge in [0.25, 0.3) is 0 Å². The molecule has 4 rings (SSSR count). The zero-order valence-electron chi connectivity index (χ0n) is 19.5. The number of halogens is 1. The number of hydrogen-bond acceptors (Lipinski definition) is 6. The standard InChI is InChI=1S/C24H25FN6O4/c1-24(2,3)35-23(34)12-27-21(32)11-26-22(33)13-31-20-6-4-5-15(17(20)10-29-31)16-8-19-14(7-18(16)25)9-28-30-19/h4-10H,11-13H2,1-3H3,(H,26,33)(H,27,32)(H,28,30). The molecule has 0 fully saturated rings. The summed E-state index contributed by atoms with van der Waals surface area (Å²) in [5.74, 6) is -1.94. The molecule has 182 valence electrons. The maximum absolute atomic E-state index is 14.8. The van der Waals surface area contributed by atoms with Crippen LogP contribution in [0.3, 0.4) is 0 Å². The van der Waals surface area contributed by atoms with Crippen molar-refractivity contribution in [3.8, 4) is 11.1 Å². The molecule has 0 saturated carbocycles. The van der Waals surface area contributed by atoms with E-state index in [1.165, 1.54) is 10.7 Å². The predicted molar refractivity (Wildman–Crippen MR) is 127 cm³/mol. The lowest BCUT2D eigenvalue weighted by Gasteiger charge is -2.19. The van der Waals surface area contributed by atoms with E-state index in [2.05, 4.69) is 25.9 Å². The molecule has 10 nitrogen and oxygen atoms in total. The summed E-state index contributed by atoms with van der Waals surface area (Å²) >= 11 is 0. The molecule has 0 atom stereocenters. The number of amides is 2. The molecule has 2 amide bonds. The highest BCUT2D eigenvalue weighted by atomic mass is 19.1. The maximum Gasteiger partial charge on any atom is 0.325 e. The molecular weight excluding hydrogens is 455 g/mol. The Morgan fingerprint density at radius 3 is 2.60 bits per heavy atom. The molecule has 2 aromatic carbocycles. The van der Waals surface area contributed by atoms with Gasteiger partial charge in [0.2, 0.25) is 11.8 Å². The van der Waals surface area contributed by atoms with Crippen molar-refractivity contribution in [2.75, 3.05) is 13.1 Å². The Balaban J connectivity index is 1.40. The minimum Gasteiger partial charge on any atom is -0.459 e. The molecular formula is C24H25FN6O4. The van der Waals surface area contributed by atoms with Gasteiger partial charge in [-0.3, -0.25) is 24.2 Å². The average Bonchev–Trinajstić information content (AvgIpc) is 3.41. The number of aromatic nitrogens is 4. The third kappa shape index (κ3) is 5.62. The first-order valence-electron chi connectivity index (χ1n) is 10.9. The fraction of sp³-hybridized carbons (Fsp3) is 0.292. The molecule has 0 aliphatic heterocycles. The van der Waals surface area contributed by atoms with Crippen LogP contribution in [-0.4, -0.2) is 56.5 Å². The van der Waals surface area contributed by atoms with Gasteiger partial charge in [-0.05, 0) is 44.5 Å². The number of H-pyrrole nitrogens is 1. The fourth-order valence-corrected chi connectivity index (χ4v) is 3.62. The van der Waals surface area contributed by atoms with Crippen LogP contribution in [0.25, 0.3) is 32.9 Å². The fourth-order valence-electron chi connectivity index (χ4n) is 3.62. The van der Waals surface area contributed by atoms with Gasteiger partial charge >= 0.3 is 5.97 Å². The van der Waals surface area contributed by atoms with Crippen molar-refractivity contribution in [1.82, 2.24) is 30.6 Å². The van der Waals surface area contributed by atoms with Gasteiger partial charge in [0.15, 0.2) is 0 Å². The van der Waals surface area contributed by atoms with Crippen LogP contribution in [-0.2, 0) is 25.7 Å². The van der Waals surface area contributed by atoms with Gasteiger partial charge in [0, 0.05) is 16.3 Å². The Morgan fingerprint density at radius 1 is 1.06 bits per heavy atom. The van der Waals surface area contributed by atoms with E-state index in [1.807, 2.05) is 0 Å². The van der Waals surface area contributed by atoms with E-state index in [9.17, 15) is 18.8 Å². The normalized spacial score (nSPS) is 11.5. The molecule has 0 bridgehead atoms. The smallest absolute Gasteiger partial charge is 0.325 e. The summed E-state index contributed by atoms with van der Waals surface area (Å²) in [6.07, 6.45) is 3.12. The third-order valence-corrected chi connectivity index (χ3v) is 5.09. The third-order valence-electron chi connectivity index (χ3n) is 5.09. The van der Waals surface area contributed by atoms with E-state index in [0.29, 0.717) is 32.9 Å². The number of carbonyl (C=O) groups is 3. The minimum absolute atomic E-state index is 0.144. The summed E-state index contributed by atoms with van der Waals surface area (Å²) in [5, 5.41) is 17.3. The first-order valence-corrected chi connectivity index (χ1v) is 10.9. The van der Waals surface area contributed by atoms with Crippen molar-refractivity contribution >= 4 is 39.6 Å². The van der Waals surface area contributed by atoms with E-state index in [1.54, 1.807) is 57.4 Å². The highest BCUT2D eigenvalue weighted by Gasteiger charge is 2.18. The summed E-state index contributed by atoms with van der Waals surface area (Å²) in [6, 6.07) is 8.42. The second kappa shape index (κ2) is 9.53. The Kier molecular flexibility index (Phi) is 6.50. The minimum atomic E-state index is -0.653. The summed E-state index contributed by atoms with van der Waals surface area (Å²) in [5.41, 5.74) is 1.70. The number of nitrogens with one attached hydrogen (secondary N) is 3. The lowest BCUT2D eigenvalue weighted by Crippen LogP contribution is -2.41. The maximum atomic E-state index is 14.8. The van der Waals surface area contributed by atoms with Gasteiger partial charge in [0.1, 0.15) is 24.5 Å². The Bertz CT molecular complexity index is 1420. The van der Waals surface area contributed by atoms with E-state index < -0.39 is 29.2 Å².